The molecule has 2 atom stereocenters. The molecule has 0 saturated carbocycles. The van der Waals surface area contributed by atoms with Gasteiger partial charge in [-0.15, -0.1) is 0 Å². The van der Waals surface area contributed by atoms with Crippen LogP contribution < -0.4 is 0 Å². The minimum absolute atomic E-state index is 0.282. The van der Waals surface area contributed by atoms with Crippen molar-refractivity contribution in [1.82, 2.24) is 5.06 Å². The molecule has 0 bridgehead atoms. The van der Waals surface area contributed by atoms with E-state index in [0.29, 0.717) is 12.8 Å². The fourth-order valence-corrected chi connectivity index (χ4v) is 1.78. The average molecular weight is 265 g/mol. The molecular weight excluding hydrogens is 246 g/mol. The molecule has 2 unspecified atom stereocenters. The summed E-state index contributed by atoms with van der Waals surface area (Å²) >= 11 is 0. The van der Waals surface area contributed by atoms with Crippen molar-refractivity contribution in [2.75, 3.05) is 6.54 Å². The van der Waals surface area contributed by atoms with Crippen LogP contribution in [-0.2, 0) is 21.0 Å². The summed E-state index contributed by atoms with van der Waals surface area (Å²) < 4.78 is 0. The highest BCUT2D eigenvalue weighted by Crippen LogP contribution is 2.12. The van der Waals surface area contributed by atoms with Crippen LogP contribution >= 0.6 is 0 Å². The molecule has 0 aliphatic heterocycles. The van der Waals surface area contributed by atoms with Gasteiger partial charge in [-0.05, 0) is 5.56 Å². The van der Waals surface area contributed by atoms with E-state index in [9.17, 15) is 14.7 Å². The van der Waals surface area contributed by atoms with E-state index >= 15 is 0 Å². The van der Waals surface area contributed by atoms with Crippen LogP contribution in [0, 0.1) is 5.92 Å². The molecule has 0 amide bonds. The van der Waals surface area contributed by atoms with Crippen LogP contribution in [0.25, 0.3) is 0 Å². The highest BCUT2D eigenvalue weighted by atomic mass is 16.7. The highest BCUT2D eigenvalue weighted by Gasteiger charge is 2.31. The van der Waals surface area contributed by atoms with Gasteiger partial charge >= 0.3 is 5.97 Å². The van der Waals surface area contributed by atoms with Crippen LogP contribution in [0.1, 0.15) is 19.4 Å². The van der Waals surface area contributed by atoms with Crippen molar-refractivity contribution in [2.24, 2.45) is 5.92 Å². The van der Waals surface area contributed by atoms with Gasteiger partial charge < -0.3 is 9.90 Å². The first-order valence-corrected chi connectivity index (χ1v) is 6.21. The SMILES string of the molecule is CCN(OCc1ccccc1)C(C(=O)O)C(C)C=O. The van der Waals surface area contributed by atoms with E-state index in [1.807, 2.05) is 30.3 Å². The van der Waals surface area contributed by atoms with Crippen molar-refractivity contribution in [3.8, 4) is 0 Å². The lowest BCUT2D eigenvalue weighted by molar-refractivity contribution is -0.211. The smallest absolute Gasteiger partial charge is 0.324 e. The van der Waals surface area contributed by atoms with Crippen molar-refractivity contribution in [1.29, 1.82) is 0 Å². The average Bonchev–Trinajstić information content (AvgIpc) is 2.43. The molecule has 5 nitrogen and oxygen atoms in total. The summed E-state index contributed by atoms with van der Waals surface area (Å²) in [6.45, 7) is 4.03. The molecule has 0 spiro atoms. The lowest BCUT2D eigenvalue weighted by atomic mass is 10.0. The summed E-state index contributed by atoms with van der Waals surface area (Å²) in [6.07, 6.45) is 0.632. The number of carboxylic acid groups (broad SMARTS) is 1. The zero-order chi connectivity index (χ0) is 14.3. The van der Waals surface area contributed by atoms with Crippen LogP contribution in [0.4, 0.5) is 0 Å². The Morgan fingerprint density at radius 1 is 1.42 bits per heavy atom. The number of rotatable bonds is 8. The zero-order valence-corrected chi connectivity index (χ0v) is 11.2. The minimum atomic E-state index is -1.06. The van der Waals surface area contributed by atoms with Crippen molar-refractivity contribution < 1.29 is 19.5 Å². The van der Waals surface area contributed by atoms with Crippen LogP contribution in [0.2, 0.25) is 0 Å². The predicted octanol–water partition coefficient (Wildman–Crippen LogP) is 1.73. The lowest BCUT2D eigenvalue weighted by Gasteiger charge is -2.28. The zero-order valence-electron chi connectivity index (χ0n) is 11.2. The van der Waals surface area contributed by atoms with Gasteiger partial charge in [0.2, 0.25) is 0 Å². The van der Waals surface area contributed by atoms with Crippen LogP contribution in [0.5, 0.6) is 0 Å². The van der Waals surface area contributed by atoms with Crippen molar-refractivity contribution in [3.63, 3.8) is 0 Å². The third-order valence-corrected chi connectivity index (χ3v) is 2.83. The van der Waals surface area contributed by atoms with E-state index in [1.165, 1.54) is 5.06 Å². The van der Waals surface area contributed by atoms with Crippen molar-refractivity contribution >= 4 is 12.3 Å². The molecule has 19 heavy (non-hydrogen) atoms. The van der Waals surface area contributed by atoms with E-state index < -0.39 is 17.9 Å². The standard InChI is InChI=1S/C14H19NO4/c1-3-15(13(14(17)18)11(2)9-16)19-10-12-7-5-4-6-8-12/h4-9,11,13H,3,10H2,1-2H3,(H,17,18). The quantitative estimate of drug-likeness (QED) is 0.572. The minimum Gasteiger partial charge on any atom is -0.480 e. The van der Waals surface area contributed by atoms with E-state index in [2.05, 4.69) is 0 Å². The van der Waals surface area contributed by atoms with E-state index in [4.69, 9.17) is 4.84 Å². The van der Waals surface area contributed by atoms with Gasteiger partial charge in [0.15, 0.2) is 0 Å². The molecule has 5 heteroatoms. The molecule has 0 aliphatic carbocycles. The van der Waals surface area contributed by atoms with Gasteiger partial charge in [0.05, 0.1) is 6.61 Å². The van der Waals surface area contributed by atoms with Gasteiger partial charge in [0, 0.05) is 12.5 Å². The van der Waals surface area contributed by atoms with Crippen molar-refractivity contribution in [2.45, 2.75) is 26.5 Å². The van der Waals surface area contributed by atoms with Crippen LogP contribution in [0.15, 0.2) is 30.3 Å². The summed E-state index contributed by atoms with van der Waals surface area (Å²) in [5.74, 6) is -1.69. The monoisotopic (exact) mass is 265 g/mol. The molecular formula is C14H19NO4. The molecule has 1 N–H and O–H groups in total. The van der Waals surface area contributed by atoms with Gasteiger partial charge in [0.25, 0.3) is 0 Å². The molecule has 1 rings (SSSR count). The van der Waals surface area contributed by atoms with Gasteiger partial charge in [0.1, 0.15) is 12.3 Å². The fourth-order valence-electron chi connectivity index (χ4n) is 1.78. The maximum Gasteiger partial charge on any atom is 0.324 e. The third-order valence-electron chi connectivity index (χ3n) is 2.83. The Balaban J connectivity index is 2.70. The molecule has 0 heterocycles. The van der Waals surface area contributed by atoms with Crippen LogP contribution in [-0.4, -0.2) is 35.0 Å². The maximum absolute atomic E-state index is 11.2. The highest BCUT2D eigenvalue weighted by molar-refractivity contribution is 5.78. The molecule has 1 aromatic carbocycles. The second-order valence-electron chi connectivity index (χ2n) is 4.27. The number of hydrogen-bond donors (Lipinski definition) is 1. The Morgan fingerprint density at radius 2 is 2.05 bits per heavy atom. The number of benzene rings is 1. The predicted molar refractivity (Wildman–Crippen MR) is 70.3 cm³/mol. The van der Waals surface area contributed by atoms with E-state index in [-0.39, 0.29) is 6.61 Å². The number of hydroxylamine groups is 2. The molecule has 0 saturated heterocycles. The number of carbonyl (C=O) groups is 2. The Labute approximate surface area is 112 Å². The molecule has 0 fully saturated rings. The number of carboxylic acids is 1. The van der Waals surface area contributed by atoms with E-state index in [0.717, 1.165) is 5.56 Å². The van der Waals surface area contributed by atoms with Gasteiger partial charge in [-0.1, -0.05) is 44.2 Å². The first-order chi connectivity index (χ1) is 9.10. The summed E-state index contributed by atoms with van der Waals surface area (Å²) in [5, 5.41) is 10.5. The number of nitrogens with zero attached hydrogens (tertiary/aromatic N) is 1. The Morgan fingerprint density at radius 3 is 2.53 bits per heavy atom. The van der Waals surface area contributed by atoms with Crippen molar-refractivity contribution in [3.05, 3.63) is 35.9 Å². The van der Waals surface area contributed by atoms with Gasteiger partial charge in [-0.2, -0.15) is 5.06 Å². The largest absolute Gasteiger partial charge is 0.480 e. The molecule has 0 radical (unpaired) electrons. The molecule has 104 valence electrons. The summed E-state index contributed by atoms with van der Waals surface area (Å²) in [4.78, 5) is 27.5. The topological polar surface area (TPSA) is 66.8 Å². The Hall–Kier alpha value is -1.72. The van der Waals surface area contributed by atoms with Gasteiger partial charge in [-0.25, -0.2) is 0 Å². The number of aliphatic carboxylic acids is 1. The number of carbonyl (C=O) groups excluding carboxylic acids is 1. The second-order valence-corrected chi connectivity index (χ2v) is 4.27. The lowest BCUT2D eigenvalue weighted by Crippen LogP contribution is -2.45. The molecule has 0 aliphatic rings. The molecule has 0 aromatic heterocycles. The van der Waals surface area contributed by atoms with Crippen LogP contribution in [0.3, 0.4) is 0 Å². The summed E-state index contributed by atoms with van der Waals surface area (Å²) in [6, 6.07) is 8.50. The second kappa shape index (κ2) is 7.66. The Bertz CT molecular complexity index is 407. The Kier molecular flexibility index (Phi) is 6.18. The number of likely N-dealkylation sites (N-methyl/N-ethyl adjacent to an activating group) is 1. The summed E-state index contributed by atoms with van der Waals surface area (Å²) in [5.41, 5.74) is 0.948. The number of hydrogen-bond acceptors (Lipinski definition) is 4. The van der Waals surface area contributed by atoms with E-state index in [1.54, 1.807) is 13.8 Å². The van der Waals surface area contributed by atoms with Gasteiger partial charge in [-0.3, -0.25) is 9.63 Å². The normalized spacial score (nSPS) is 14.1. The molecule has 1 aromatic rings. The summed E-state index contributed by atoms with van der Waals surface area (Å²) in [7, 11) is 0. The first kappa shape index (κ1) is 15.3. The third kappa shape index (κ3) is 4.46. The number of aldehydes is 1. The first-order valence-electron chi connectivity index (χ1n) is 6.21. The fraction of sp³-hybridized carbons (Fsp3) is 0.429. The maximum atomic E-state index is 11.2.